The third kappa shape index (κ3) is 6.43. The normalized spacial score (nSPS) is 15.5. The van der Waals surface area contributed by atoms with Crippen LogP contribution >= 0.6 is 11.3 Å². The number of fused-ring (bicyclic) bond motifs is 6. The summed E-state index contributed by atoms with van der Waals surface area (Å²) in [6.07, 6.45) is 8.90. The van der Waals surface area contributed by atoms with Crippen LogP contribution in [0, 0.1) is 0 Å². The van der Waals surface area contributed by atoms with E-state index in [0.29, 0.717) is 0 Å². The van der Waals surface area contributed by atoms with Crippen molar-refractivity contribution in [2.75, 3.05) is 4.90 Å². The fourth-order valence-electron chi connectivity index (χ4n) is 11.0. The minimum Gasteiger partial charge on any atom is -0.310 e. The van der Waals surface area contributed by atoms with Crippen molar-refractivity contribution in [1.29, 1.82) is 0 Å². The van der Waals surface area contributed by atoms with E-state index in [-0.39, 0.29) is 10.8 Å². The van der Waals surface area contributed by atoms with E-state index in [9.17, 15) is 0 Å². The van der Waals surface area contributed by atoms with Gasteiger partial charge >= 0.3 is 0 Å². The molecule has 0 aliphatic heterocycles. The molecular weight excluding hydrogens is 755 g/mol. The minimum absolute atomic E-state index is 0.0220. The summed E-state index contributed by atoms with van der Waals surface area (Å²) in [4.78, 5) is 2.51. The van der Waals surface area contributed by atoms with Gasteiger partial charge in [0.1, 0.15) is 0 Å². The minimum atomic E-state index is -0.115. The van der Waals surface area contributed by atoms with E-state index in [1.807, 2.05) is 11.3 Å². The molecule has 2 heteroatoms. The van der Waals surface area contributed by atoms with Crippen molar-refractivity contribution < 1.29 is 0 Å². The molecule has 9 aromatic rings. The molecule has 1 aromatic heterocycles. The van der Waals surface area contributed by atoms with Crippen LogP contribution in [0.1, 0.15) is 81.0 Å². The van der Waals surface area contributed by atoms with E-state index in [1.54, 1.807) is 0 Å². The van der Waals surface area contributed by atoms with Gasteiger partial charge in [0.15, 0.2) is 0 Å². The van der Waals surface area contributed by atoms with Crippen LogP contribution in [0.4, 0.5) is 17.1 Å². The lowest BCUT2D eigenvalue weighted by Crippen LogP contribution is -2.29. The maximum Gasteiger partial charge on any atom is 0.0476 e. The van der Waals surface area contributed by atoms with Crippen LogP contribution in [0.2, 0.25) is 0 Å². The molecule has 0 unspecified atom stereocenters. The van der Waals surface area contributed by atoms with Crippen molar-refractivity contribution in [3.05, 3.63) is 210 Å². The Labute approximate surface area is 365 Å². The number of benzene rings is 8. The van der Waals surface area contributed by atoms with Crippen LogP contribution in [-0.2, 0) is 10.8 Å². The third-order valence-corrected chi connectivity index (χ3v) is 15.2. The molecular formula is C59H51NS. The zero-order valence-corrected chi connectivity index (χ0v) is 36.0. The molecule has 8 aromatic carbocycles. The topological polar surface area (TPSA) is 3.24 Å². The lowest BCUT2D eigenvalue weighted by molar-refractivity contribution is 0.366. The molecule has 1 heterocycles. The number of anilines is 3. The van der Waals surface area contributed by atoms with E-state index in [1.165, 1.54) is 138 Å². The molecule has 1 nitrogen and oxygen atoms in total. The molecule has 298 valence electrons. The Morgan fingerprint density at radius 2 is 1.00 bits per heavy atom. The molecule has 2 aliphatic carbocycles. The molecule has 0 N–H and O–H groups in total. The second-order valence-electron chi connectivity index (χ2n) is 17.9. The standard InChI is InChI=1S/C59H51NS/c1-58(2)52-36-34-46(39-51(52)56-48(25-17-27-53(56)58)41-19-9-6-10-20-41)60(45-31-29-44(30-32-45)59(43-23-13-8-14-24-43)37-15-4-3-5-16-38-59)47-33-35-50-55(40-47)61-54-28-18-26-49(57(50)54)42-21-11-7-12-22-42/h6-14,17-36,39-40H,3-5,15-16,37-38H2,1-2H3. The summed E-state index contributed by atoms with van der Waals surface area (Å²) in [5.74, 6) is 0. The predicted molar refractivity (Wildman–Crippen MR) is 262 cm³/mol. The van der Waals surface area contributed by atoms with Crippen molar-refractivity contribution in [2.24, 2.45) is 0 Å². The molecule has 1 saturated carbocycles. The van der Waals surface area contributed by atoms with Gasteiger partial charge in [0, 0.05) is 48.1 Å². The van der Waals surface area contributed by atoms with Gasteiger partial charge in [-0.15, -0.1) is 11.3 Å². The lowest BCUT2D eigenvalue weighted by atomic mass is 9.67. The van der Waals surface area contributed by atoms with E-state index in [2.05, 4.69) is 207 Å². The summed E-state index contributed by atoms with van der Waals surface area (Å²) in [6.45, 7) is 4.78. The van der Waals surface area contributed by atoms with Gasteiger partial charge in [0.05, 0.1) is 0 Å². The SMILES string of the molecule is CC1(C)c2ccc(N(c3ccc(C4(c5ccccc5)CCCCCCC4)cc3)c3ccc4c(c3)sc3cccc(-c5ccccc5)c34)cc2-c2c(-c3ccccc3)cccc21. The number of rotatable bonds is 7. The first-order valence-electron chi connectivity index (χ1n) is 22.3. The summed E-state index contributed by atoms with van der Waals surface area (Å²) >= 11 is 1.90. The summed E-state index contributed by atoms with van der Waals surface area (Å²) in [5.41, 5.74) is 16.9. The highest BCUT2D eigenvalue weighted by Gasteiger charge is 2.38. The van der Waals surface area contributed by atoms with Crippen molar-refractivity contribution in [2.45, 2.75) is 69.6 Å². The quantitative estimate of drug-likeness (QED) is 0.155. The van der Waals surface area contributed by atoms with Crippen molar-refractivity contribution >= 4 is 48.6 Å². The molecule has 0 radical (unpaired) electrons. The zero-order valence-electron chi connectivity index (χ0n) is 35.2. The number of thiophene rings is 1. The molecule has 0 bridgehead atoms. The number of hydrogen-bond acceptors (Lipinski definition) is 2. The Morgan fingerprint density at radius 3 is 1.72 bits per heavy atom. The van der Waals surface area contributed by atoms with Crippen LogP contribution in [0.3, 0.4) is 0 Å². The van der Waals surface area contributed by atoms with E-state index >= 15 is 0 Å². The van der Waals surface area contributed by atoms with Gasteiger partial charge in [0.25, 0.3) is 0 Å². The van der Waals surface area contributed by atoms with Crippen LogP contribution in [0.15, 0.2) is 188 Å². The van der Waals surface area contributed by atoms with Gasteiger partial charge in [-0.05, 0) is 111 Å². The maximum atomic E-state index is 2.51. The zero-order chi connectivity index (χ0) is 41.0. The highest BCUT2D eigenvalue weighted by atomic mass is 32.1. The van der Waals surface area contributed by atoms with Crippen LogP contribution in [0.25, 0.3) is 53.6 Å². The molecule has 61 heavy (non-hydrogen) atoms. The molecule has 0 atom stereocenters. The fourth-order valence-corrected chi connectivity index (χ4v) is 12.2. The van der Waals surface area contributed by atoms with E-state index < -0.39 is 0 Å². The van der Waals surface area contributed by atoms with Crippen molar-refractivity contribution in [1.82, 2.24) is 0 Å². The van der Waals surface area contributed by atoms with Gasteiger partial charge in [0.2, 0.25) is 0 Å². The highest BCUT2D eigenvalue weighted by Crippen LogP contribution is 2.54. The summed E-state index contributed by atoms with van der Waals surface area (Å²) in [7, 11) is 0. The van der Waals surface area contributed by atoms with Gasteiger partial charge in [-0.25, -0.2) is 0 Å². The maximum absolute atomic E-state index is 2.51. The van der Waals surface area contributed by atoms with Gasteiger partial charge in [-0.2, -0.15) is 0 Å². The predicted octanol–water partition coefficient (Wildman–Crippen LogP) is 17.2. The Morgan fingerprint density at radius 1 is 0.426 bits per heavy atom. The number of nitrogens with zero attached hydrogens (tertiary/aromatic N) is 1. The van der Waals surface area contributed by atoms with E-state index in [0.717, 1.165) is 0 Å². The van der Waals surface area contributed by atoms with Crippen LogP contribution < -0.4 is 4.90 Å². The van der Waals surface area contributed by atoms with Gasteiger partial charge in [-0.3, -0.25) is 0 Å². The number of hydrogen-bond donors (Lipinski definition) is 0. The molecule has 2 aliphatic rings. The van der Waals surface area contributed by atoms with Gasteiger partial charge in [-0.1, -0.05) is 192 Å². The average molecular weight is 806 g/mol. The molecule has 0 saturated heterocycles. The van der Waals surface area contributed by atoms with Gasteiger partial charge < -0.3 is 4.90 Å². The monoisotopic (exact) mass is 805 g/mol. The Balaban J connectivity index is 1.09. The first-order valence-corrected chi connectivity index (χ1v) is 23.1. The van der Waals surface area contributed by atoms with Crippen molar-refractivity contribution in [3.63, 3.8) is 0 Å². The average Bonchev–Trinajstić information content (AvgIpc) is 3.79. The Bertz CT molecular complexity index is 3010. The van der Waals surface area contributed by atoms with Crippen molar-refractivity contribution in [3.8, 4) is 33.4 Å². The van der Waals surface area contributed by atoms with Crippen LogP contribution in [0.5, 0.6) is 0 Å². The molecule has 11 rings (SSSR count). The second-order valence-corrected chi connectivity index (χ2v) is 19.0. The molecule has 0 amide bonds. The summed E-state index contributed by atoms with van der Waals surface area (Å²) in [6, 6.07) is 70.9. The second kappa shape index (κ2) is 15.4. The lowest BCUT2D eigenvalue weighted by Gasteiger charge is -2.37. The highest BCUT2D eigenvalue weighted by molar-refractivity contribution is 7.26. The smallest absolute Gasteiger partial charge is 0.0476 e. The summed E-state index contributed by atoms with van der Waals surface area (Å²) in [5, 5.41) is 2.65. The Hall–Kier alpha value is -6.22. The molecule has 1 fully saturated rings. The fraction of sp³-hybridized carbons (Fsp3) is 0.186. The largest absolute Gasteiger partial charge is 0.310 e. The summed E-state index contributed by atoms with van der Waals surface area (Å²) < 4.78 is 2.62. The third-order valence-electron chi connectivity index (χ3n) is 14.1. The first kappa shape index (κ1) is 37.8. The molecule has 0 spiro atoms. The van der Waals surface area contributed by atoms with Crippen LogP contribution in [-0.4, -0.2) is 0 Å². The Kier molecular flexibility index (Phi) is 9.50. The first-order chi connectivity index (χ1) is 30.0. The van der Waals surface area contributed by atoms with E-state index in [4.69, 9.17) is 0 Å².